The van der Waals surface area contributed by atoms with E-state index in [4.69, 9.17) is 0 Å². The molecule has 3 rings (SSSR count). The van der Waals surface area contributed by atoms with Crippen LogP contribution in [0.15, 0.2) is 36.4 Å². The van der Waals surface area contributed by atoms with Gasteiger partial charge in [0.05, 0.1) is 22.2 Å². The molecule has 0 spiro atoms. The number of para-hydroxylation sites is 1. The van der Waals surface area contributed by atoms with Crippen molar-refractivity contribution in [2.24, 2.45) is 0 Å². The Labute approximate surface area is 126 Å². The molecule has 22 heavy (non-hydrogen) atoms. The van der Waals surface area contributed by atoms with E-state index < -0.39 is 0 Å². The molecule has 110 valence electrons. The SMILES string of the molecule is CC(=O)Nc1ccc2nc3c(NC(C)=O)cccc3nc2c1. The third-order valence-corrected chi connectivity index (χ3v) is 3.09. The Morgan fingerprint density at radius 2 is 1.64 bits per heavy atom. The van der Waals surface area contributed by atoms with Gasteiger partial charge in [-0.1, -0.05) is 6.07 Å². The lowest BCUT2D eigenvalue weighted by molar-refractivity contribution is -0.115. The number of hydrogen-bond acceptors (Lipinski definition) is 4. The smallest absolute Gasteiger partial charge is 0.221 e. The fraction of sp³-hybridized carbons (Fsp3) is 0.125. The van der Waals surface area contributed by atoms with Crippen LogP contribution in [0.1, 0.15) is 13.8 Å². The Balaban J connectivity index is 2.17. The lowest BCUT2D eigenvalue weighted by atomic mass is 10.2. The predicted molar refractivity (Wildman–Crippen MR) is 85.7 cm³/mol. The number of fused-ring (bicyclic) bond motifs is 2. The van der Waals surface area contributed by atoms with Gasteiger partial charge in [0.15, 0.2) is 0 Å². The van der Waals surface area contributed by atoms with Crippen molar-refractivity contribution in [2.75, 3.05) is 10.6 Å². The van der Waals surface area contributed by atoms with Gasteiger partial charge in [-0.25, -0.2) is 9.97 Å². The quantitative estimate of drug-likeness (QED) is 0.712. The molecule has 0 unspecified atom stereocenters. The van der Waals surface area contributed by atoms with E-state index in [0.717, 1.165) is 0 Å². The second-order valence-corrected chi connectivity index (χ2v) is 4.96. The van der Waals surface area contributed by atoms with E-state index in [1.54, 1.807) is 24.3 Å². The third kappa shape index (κ3) is 2.71. The highest BCUT2D eigenvalue weighted by atomic mass is 16.2. The lowest BCUT2D eigenvalue weighted by Crippen LogP contribution is -2.07. The van der Waals surface area contributed by atoms with Gasteiger partial charge in [0.25, 0.3) is 0 Å². The summed E-state index contributed by atoms with van der Waals surface area (Å²) < 4.78 is 0. The van der Waals surface area contributed by atoms with E-state index in [-0.39, 0.29) is 11.8 Å². The van der Waals surface area contributed by atoms with Crippen molar-refractivity contribution in [3.63, 3.8) is 0 Å². The van der Waals surface area contributed by atoms with Crippen LogP contribution < -0.4 is 10.6 Å². The Hall–Kier alpha value is -3.02. The Morgan fingerprint density at radius 1 is 0.864 bits per heavy atom. The molecule has 0 aliphatic heterocycles. The van der Waals surface area contributed by atoms with Gasteiger partial charge in [-0.3, -0.25) is 9.59 Å². The minimum absolute atomic E-state index is 0.138. The Morgan fingerprint density at radius 3 is 2.36 bits per heavy atom. The molecule has 0 bridgehead atoms. The first-order chi connectivity index (χ1) is 10.5. The summed E-state index contributed by atoms with van der Waals surface area (Å²) in [6.45, 7) is 2.91. The summed E-state index contributed by atoms with van der Waals surface area (Å²) in [5.41, 5.74) is 3.99. The number of aromatic nitrogens is 2. The highest BCUT2D eigenvalue weighted by molar-refractivity contribution is 6.01. The second-order valence-electron chi connectivity index (χ2n) is 4.96. The van der Waals surface area contributed by atoms with Crippen LogP contribution in [0, 0.1) is 0 Å². The van der Waals surface area contributed by atoms with Gasteiger partial charge in [-0.15, -0.1) is 0 Å². The zero-order valence-electron chi connectivity index (χ0n) is 12.2. The van der Waals surface area contributed by atoms with Gasteiger partial charge >= 0.3 is 0 Å². The molecule has 6 nitrogen and oxygen atoms in total. The van der Waals surface area contributed by atoms with Gasteiger partial charge in [0.1, 0.15) is 5.52 Å². The summed E-state index contributed by atoms with van der Waals surface area (Å²) in [6, 6.07) is 10.8. The van der Waals surface area contributed by atoms with Crippen molar-refractivity contribution < 1.29 is 9.59 Å². The second kappa shape index (κ2) is 5.40. The van der Waals surface area contributed by atoms with Gasteiger partial charge in [0, 0.05) is 19.5 Å². The molecule has 0 aliphatic rings. The number of nitrogens with one attached hydrogen (secondary N) is 2. The van der Waals surface area contributed by atoms with E-state index in [2.05, 4.69) is 20.6 Å². The molecular weight excluding hydrogens is 280 g/mol. The first kappa shape index (κ1) is 13.9. The number of benzene rings is 2. The van der Waals surface area contributed by atoms with E-state index in [1.807, 2.05) is 12.1 Å². The minimum Gasteiger partial charge on any atom is -0.326 e. The van der Waals surface area contributed by atoms with Crippen molar-refractivity contribution in [1.82, 2.24) is 9.97 Å². The normalized spacial score (nSPS) is 10.6. The van der Waals surface area contributed by atoms with Crippen LogP contribution in [0.5, 0.6) is 0 Å². The molecule has 0 saturated heterocycles. The van der Waals surface area contributed by atoms with Crippen molar-refractivity contribution in [3.05, 3.63) is 36.4 Å². The monoisotopic (exact) mass is 294 g/mol. The maximum absolute atomic E-state index is 11.3. The molecular formula is C16H14N4O2. The zero-order chi connectivity index (χ0) is 15.7. The van der Waals surface area contributed by atoms with Crippen LogP contribution in [-0.2, 0) is 9.59 Å². The standard InChI is InChI=1S/C16H14N4O2/c1-9(21)17-11-6-7-12-15(8-11)19-14-5-3-4-13(16(14)20-12)18-10(2)22/h3-8H,1-2H3,(H,17,21)(H,18,22). The van der Waals surface area contributed by atoms with Crippen molar-refractivity contribution in [2.45, 2.75) is 13.8 Å². The van der Waals surface area contributed by atoms with Gasteiger partial charge in [-0.2, -0.15) is 0 Å². The molecule has 2 N–H and O–H groups in total. The summed E-state index contributed by atoms with van der Waals surface area (Å²) in [6.07, 6.45) is 0. The third-order valence-electron chi connectivity index (χ3n) is 3.09. The van der Waals surface area contributed by atoms with Gasteiger partial charge < -0.3 is 10.6 Å². The van der Waals surface area contributed by atoms with Crippen LogP contribution in [0.2, 0.25) is 0 Å². The first-order valence-electron chi connectivity index (χ1n) is 6.78. The minimum atomic E-state index is -0.157. The molecule has 2 amide bonds. The molecule has 0 saturated carbocycles. The van der Waals surface area contributed by atoms with E-state index in [0.29, 0.717) is 33.4 Å². The number of carbonyl (C=O) groups is 2. The molecule has 6 heteroatoms. The molecule has 1 heterocycles. The highest BCUT2D eigenvalue weighted by Crippen LogP contribution is 2.24. The van der Waals surface area contributed by atoms with Gasteiger partial charge in [-0.05, 0) is 30.3 Å². The zero-order valence-corrected chi connectivity index (χ0v) is 12.2. The molecule has 1 aromatic heterocycles. The van der Waals surface area contributed by atoms with Crippen molar-refractivity contribution >= 4 is 45.3 Å². The van der Waals surface area contributed by atoms with E-state index in [1.165, 1.54) is 13.8 Å². The Bertz CT molecular complexity index is 904. The fourth-order valence-corrected chi connectivity index (χ4v) is 2.27. The molecule has 0 atom stereocenters. The number of hydrogen-bond donors (Lipinski definition) is 2. The summed E-state index contributed by atoms with van der Waals surface area (Å²) in [4.78, 5) is 31.5. The molecule has 3 aromatic rings. The lowest BCUT2D eigenvalue weighted by Gasteiger charge is -2.08. The molecule has 0 fully saturated rings. The van der Waals surface area contributed by atoms with E-state index >= 15 is 0 Å². The summed E-state index contributed by atoms with van der Waals surface area (Å²) in [7, 11) is 0. The van der Waals surface area contributed by atoms with Crippen LogP contribution >= 0.6 is 0 Å². The first-order valence-corrected chi connectivity index (χ1v) is 6.78. The number of rotatable bonds is 2. The average Bonchev–Trinajstić information content (AvgIpc) is 2.44. The van der Waals surface area contributed by atoms with Crippen LogP contribution in [0.3, 0.4) is 0 Å². The maximum Gasteiger partial charge on any atom is 0.221 e. The number of anilines is 2. The number of carbonyl (C=O) groups excluding carboxylic acids is 2. The van der Waals surface area contributed by atoms with Crippen LogP contribution in [0.4, 0.5) is 11.4 Å². The maximum atomic E-state index is 11.3. The predicted octanol–water partition coefficient (Wildman–Crippen LogP) is 2.70. The average molecular weight is 294 g/mol. The fourth-order valence-electron chi connectivity index (χ4n) is 2.27. The molecule has 2 aromatic carbocycles. The molecule has 0 radical (unpaired) electrons. The van der Waals surface area contributed by atoms with Crippen molar-refractivity contribution in [3.8, 4) is 0 Å². The highest BCUT2D eigenvalue weighted by Gasteiger charge is 2.08. The topological polar surface area (TPSA) is 84.0 Å². The largest absolute Gasteiger partial charge is 0.326 e. The summed E-state index contributed by atoms with van der Waals surface area (Å²) >= 11 is 0. The van der Waals surface area contributed by atoms with Crippen molar-refractivity contribution in [1.29, 1.82) is 0 Å². The summed E-state index contributed by atoms with van der Waals surface area (Å²) in [5, 5.41) is 5.47. The number of amides is 2. The van der Waals surface area contributed by atoms with E-state index in [9.17, 15) is 9.59 Å². The number of nitrogens with zero attached hydrogens (tertiary/aromatic N) is 2. The van der Waals surface area contributed by atoms with Crippen LogP contribution in [-0.4, -0.2) is 21.8 Å². The summed E-state index contributed by atoms with van der Waals surface area (Å²) in [5.74, 6) is -0.295. The van der Waals surface area contributed by atoms with Crippen LogP contribution in [0.25, 0.3) is 22.1 Å². The van der Waals surface area contributed by atoms with Gasteiger partial charge in [0.2, 0.25) is 11.8 Å². The molecule has 0 aliphatic carbocycles. The Kier molecular flexibility index (Phi) is 3.42.